The van der Waals surface area contributed by atoms with E-state index in [2.05, 4.69) is 15.9 Å². The molecule has 4 heteroatoms. The molecule has 2 aromatic rings. The first-order chi connectivity index (χ1) is 11.7. The van der Waals surface area contributed by atoms with Crippen molar-refractivity contribution >= 4 is 39.5 Å². The highest BCUT2D eigenvalue weighted by atomic mass is 79.9. The highest BCUT2D eigenvalue weighted by Crippen LogP contribution is 2.36. The van der Waals surface area contributed by atoms with E-state index in [9.17, 15) is 4.79 Å². The Morgan fingerprint density at radius 3 is 2.54 bits per heavy atom. The zero-order valence-corrected chi connectivity index (χ0v) is 15.7. The third kappa shape index (κ3) is 3.90. The molecule has 0 saturated carbocycles. The van der Waals surface area contributed by atoms with Crippen LogP contribution in [-0.2, 0) is 4.79 Å². The number of piperidine rings is 1. The molecule has 1 fully saturated rings. The Balaban J connectivity index is 1.91. The fourth-order valence-electron chi connectivity index (χ4n) is 3.01. The number of carbonyl (C=O) groups excluding carboxylic acids is 1. The third-order valence-corrected chi connectivity index (χ3v) is 5.27. The molecular weight excluding hydrogens is 386 g/mol. The Kier molecular flexibility index (Phi) is 5.75. The van der Waals surface area contributed by atoms with Crippen molar-refractivity contribution in [1.82, 2.24) is 4.90 Å². The van der Waals surface area contributed by atoms with Gasteiger partial charge in [0, 0.05) is 34.2 Å². The highest BCUT2D eigenvalue weighted by Gasteiger charge is 2.15. The second kappa shape index (κ2) is 8.00. The molecule has 124 valence electrons. The molecule has 1 saturated heterocycles. The minimum absolute atomic E-state index is 0.0766. The van der Waals surface area contributed by atoms with E-state index < -0.39 is 0 Å². The molecule has 0 N–H and O–H groups in total. The number of benzene rings is 2. The minimum atomic E-state index is 0.0766. The Bertz CT molecular complexity index is 766. The van der Waals surface area contributed by atoms with Crippen LogP contribution in [0, 0.1) is 0 Å². The van der Waals surface area contributed by atoms with Crippen LogP contribution in [0.5, 0.6) is 0 Å². The normalized spacial score (nSPS) is 15.0. The first kappa shape index (κ1) is 17.2. The number of hydrogen-bond acceptors (Lipinski definition) is 1. The maximum atomic E-state index is 12.4. The molecule has 1 aliphatic heterocycles. The van der Waals surface area contributed by atoms with Gasteiger partial charge in [-0.2, -0.15) is 0 Å². The van der Waals surface area contributed by atoms with E-state index in [1.54, 1.807) is 6.08 Å². The summed E-state index contributed by atoms with van der Waals surface area (Å²) in [5.41, 5.74) is 2.90. The molecule has 0 atom stereocenters. The fourth-order valence-corrected chi connectivity index (χ4v) is 3.78. The van der Waals surface area contributed by atoms with Crippen LogP contribution in [0.3, 0.4) is 0 Å². The van der Waals surface area contributed by atoms with E-state index in [4.69, 9.17) is 11.6 Å². The van der Waals surface area contributed by atoms with E-state index in [0.717, 1.165) is 47.1 Å². The van der Waals surface area contributed by atoms with Crippen molar-refractivity contribution in [1.29, 1.82) is 0 Å². The maximum Gasteiger partial charge on any atom is 0.246 e. The largest absolute Gasteiger partial charge is 0.339 e. The van der Waals surface area contributed by atoms with Gasteiger partial charge < -0.3 is 4.90 Å². The van der Waals surface area contributed by atoms with Crippen LogP contribution in [0.1, 0.15) is 24.8 Å². The summed E-state index contributed by atoms with van der Waals surface area (Å²) in [6.45, 7) is 1.71. The van der Waals surface area contributed by atoms with Gasteiger partial charge in [0.15, 0.2) is 0 Å². The zero-order chi connectivity index (χ0) is 16.9. The summed E-state index contributed by atoms with van der Waals surface area (Å²) in [6, 6.07) is 13.7. The average Bonchev–Trinajstić information content (AvgIpc) is 2.61. The van der Waals surface area contributed by atoms with Crippen LogP contribution in [0.15, 0.2) is 53.0 Å². The lowest BCUT2D eigenvalue weighted by atomic mass is 9.99. The molecule has 1 aliphatic rings. The smallest absolute Gasteiger partial charge is 0.246 e. The molecule has 2 nitrogen and oxygen atoms in total. The summed E-state index contributed by atoms with van der Waals surface area (Å²) < 4.78 is 0.982. The summed E-state index contributed by atoms with van der Waals surface area (Å²) >= 11 is 10.0. The van der Waals surface area contributed by atoms with Crippen LogP contribution < -0.4 is 0 Å². The zero-order valence-electron chi connectivity index (χ0n) is 13.3. The van der Waals surface area contributed by atoms with Crippen LogP contribution in [0.25, 0.3) is 17.2 Å². The maximum absolute atomic E-state index is 12.4. The van der Waals surface area contributed by atoms with Gasteiger partial charge in [-0.3, -0.25) is 4.79 Å². The van der Waals surface area contributed by atoms with Crippen molar-refractivity contribution < 1.29 is 4.79 Å². The SMILES string of the molecule is O=C(/C=C/c1cccc(Cl)c1-c1ccccc1Br)N1CCCCC1. The lowest BCUT2D eigenvalue weighted by Crippen LogP contribution is -2.34. The molecule has 1 amide bonds. The van der Waals surface area contributed by atoms with Gasteiger partial charge in [0.2, 0.25) is 5.91 Å². The van der Waals surface area contributed by atoms with Gasteiger partial charge in [0.1, 0.15) is 0 Å². The van der Waals surface area contributed by atoms with Crippen molar-refractivity contribution in [2.75, 3.05) is 13.1 Å². The topological polar surface area (TPSA) is 20.3 Å². The van der Waals surface area contributed by atoms with Crippen LogP contribution in [-0.4, -0.2) is 23.9 Å². The second-order valence-corrected chi connectivity index (χ2v) is 7.16. The standard InChI is InChI=1S/C20H19BrClNO/c21-17-9-3-2-8-16(17)20-15(7-6-10-18(20)22)11-12-19(24)23-13-4-1-5-14-23/h2-3,6-12H,1,4-5,13-14H2/b12-11+. The van der Waals surface area contributed by atoms with Gasteiger partial charge in [-0.05, 0) is 48.6 Å². The molecule has 2 aromatic carbocycles. The highest BCUT2D eigenvalue weighted by molar-refractivity contribution is 9.10. The Labute approximate surface area is 156 Å². The molecule has 0 unspecified atom stereocenters. The molecule has 1 heterocycles. The van der Waals surface area contributed by atoms with E-state index in [-0.39, 0.29) is 5.91 Å². The van der Waals surface area contributed by atoms with Crippen molar-refractivity contribution in [3.63, 3.8) is 0 Å². The van der Waals surface area contributed by atoms with Gasteiger partial charge >= 0.3 is 0 Å². The number of carbonyl (C=O) groups is 1. The molecule has 0 aromatic heterocycles. The predicted molar refractivity (Wildman–Crippen MR) is 104 cm³/mol. The first-order valence-electron chi connectivity index (χ1n) is 8.17. The molecule has 0 radical (unpaired) electrons. The van der Waals surface area contributed by atoms with Gasteiger partial charge in [0.25, 0.3) is 0 Å². The van der Waals surface area contributed by atoms with E-state index in [1.165, 1.54) is 6.42 Å². The number of amides is 1. The quantitative estimate of drug-likeness (QED) is 0.592. The van der Waals surface area contributed by atoms with Crippen molar-refractivity contribution in [2.24, 2.45) is 0 Å². The Hall–Kier alpha value is -1.58. The summed E-state index contributed by atoms with van der Waals surface area (Å²) in [4.78, 5) is 14.3. The second-order valence-electron chi connectivity index (χ2n) is 5.90. The molecule has 3 rings (SSSR count). The van der Waals surface area contributed by atoms with Gasteiger partial charge in [-0.1, -0.05) is 57.9 Å². The predicted octanol–water partition coefficient (Wildman–Crippen LogP) is 5.80. The Morgan fingerprint density at radius 2 is 1.79 bits per heavy atom. The summed E-state index contributed by atoms with van der Waals surface area (Å²) in [5, 5.41) is 0.675. The number of rotatable bonds is 3. The summed E-state index contributed by atoms with van der Waals surface area (Å²) in [5.74, 6) is 0.0766. The monoisotopic (exact) mass is 403 g/mol. The molecule has 0 bridgehead atoms. The van der Waals surface area contributed by atoms with Crippen LogP contribution in [0.2, 0.25) is 5.02 Å². The van der Waals surface area contributed by atoms with Crippen molar-refractivity contribution in [2.45, 2.75) is 19.3 Å². The lowest BCUT2D eigenvalue weighted by Gasteiger charge is -2.25. The van der Waals surface area contributed by atoms with Crippen LogP contribution in [0.4, 0.5) is 0 Å². The van der Waals surface area contributed by atoms with E-state index in [1.807, 2.05) is 53.4 Å². The number of nitrogens with zero attached hydrogens (tertiary/aromatic N) is 1. The fraction of sp³-hybridized carbons (Fsp3) is 0.250. The molecular formula is C20H19BrClNO. The minimum Gasteiger partial charge on any atom is -0.339 e. The number of hydrogen-bond donors (Lipinski definition) is 0. The summed E-state index contributed by atoms with van der Waals surface area (Å²) in [6.07, 6.45) is 6.95. The number of halogens is 2. The van der Waals surface area contributed by atoms with E-state index >= 15 is 0 Å². The Morgan fingerprint density at radius 1 is 1.04 bits per heavy atom. The molecule has 24 heavy (non-hydrogen) atoms. The van der Waals surface area contributed by atoms with Gasteiger partial charge in [0.05, 0.1) is 0 Å². The first-order valence-corrected chi connectivity index (χ1v) is 9.34. The van der Waals surface area contributed by atoms with Crippen molar-refractivity contribution in [3.8, 4) is 11.1 Å². The molecule has 0 aliphatic carbocycles. The average molecular weight is 405 g/mol. The van der Waals surface area contributed by atoms with Gasteiger partial charge in [-0.15, -0.1) is 0 Å². The van der Waals surface area contributed by atoms with E-state index in [0.29, 0.717) is 5.02 Å². The van der Waals surface area contributed by atoms with Crippen LogP contribution >= 0.6 is 27.5 Å². The molecule has 0 spiro atoms. The van der Waals surface area contributed by atoms with Gasteiger partial charge in [-0.25, -0.2) is 0 Å². The van der Waals surface area contributed by atoms with Crippen molar-refractivity contribution in [3.05, 3.63) is 63.6 Å². The summed E-state index contributed by atoms with van der Waals surface area (Å²) in [7, 11) is 0. The lowest BCUT2D eigenvalue weighted by molar-refractivity contribution is -0.126. The third-order valence-electron chi connectivity index (χ3n) is 4.26. The number of likely N-dealkylation sites (tertiary alicyclic amines) is 1.